The maximum Gasteiger partial charge on any atom is 0.225 e. The molecular weight excluding hydrogens is 448 g/mol. The minimum Gasteiger partial charge on any atom is -0.493 e. The third-order valence-electron chi connectivity index (χ3n) is 7.08. The average Bonchev–Trinajstić information content (AvgIpc) is 3.30. The van der Waals surface area contributed by atoms with Crippen LogP contribution in [0.4, 0.5) is 5.95 Å². The minimum absolute atomic E-state index is 0.313. The van der Waals surface area contributed by atoms with Crippen LogP contribution in [0.15, 0.2) is 59.8 Å². The van der Waals surface area contributed by atoms with Crippen LogP contribution < -0.4 is 15.4 Å². The topological polar surface area (TPSA) is 98.4 Å². The molecule has 0 amide bonds. The van der Waals surface area contributed by atoms with Crippen molar-refractivity contribution in [2.45, 2.75) is 24.8 Å². The molecule has 1 saturated carbocycles. The van der Waals surface area contributed by atoms with Crippen molar-refractivity contribution in [2.24, 2.45) is 23.5 Å². The summed E-state index contributed by atoms with van der Waals surface area (Å²) in [5.41, 5.74) is 10.1. The largest absolute Gasteiger partial charge is 0.493 e. The van der Waals surface area contributed by atoms with E-state index >= 15 is 0 Å². The summed E-state index contributed by atoms with van der Waals surface area (Å²) in [6.07, 6.45) is 6.01. The van der Waals surface area contributed by atoms with E-state index in [4.69, 9.17) is 10.5 Å². The van der Waals surface area contributed by atoms with Gasteiger partial charge in [-0.1, -0.05) is 25.1 Å². The highest BCUT2D eigenvalue weighted by Gasteiger charge is 2.56. The van der Waals surface area contributed by atoms with Gasteiger partial charge in [0.25, 0.3) is 0 Å². The first-order valence-corrected chi connectivity index (χ1v) is 13.6. The number of nitrogens with zero attached hydrogens (tertiary/aromatic N) is 3. The van der Waals surface area contributed by atoms with E-state index in [1.165, 1.54) is 6.26 Å². The molecule has 2 fully saturated rings. The Bertz CT molecular complexity index is 1260. The average molecular weight is 479 g/mol. The molecule has 8 heteroatoms. The number of aryl methyl sites for hydroxylation is 1. The summed E-state index contributed by atoms with van der Waals surface area (Å²) in [4.78, 5) is 11.6. The van der Waals surface area contributed by atoms with Crippen molar-refractivity contribution in [2.75, 3.05) is 30.9 Å². The molecular formula is C26H30N4O3S. The lowest BCUT2D eigenvalue weighted by Gasteiger charge is -2.20. The summed E-state index contributed by atoms with van der Waals surface area (Å²) >= 11 is 0. The molecule has 1 aromatic heterocycles. The Morgan fingerprint density at radius 3 is 2.26 bits per heavy atom. The summed E-state index contributed by atoms with van der Waals surface area (Å²) in [7, 11) is -3.21. The van der Waals surface area contributed by atoms with Gasteiger partial charge >= 0.3 is 0 Å². The van der Waals surface area contributed by atoms with Crippen molar-refractivity contribution in [1.82, 2.24) is 9.97 Å². The van der Waals surface area contributed by atoms with Crippen LogP contribution in [0.1, 0.15) is 18.1 Å². The molecule has 0 bridgehead atoms. The van der Waals surface area contributed by atoms with Crippen LogP contribution in [0.25, 0.3) is 11.1 Å². The van der Waals surface area contributed by atoms with E-state index in [1.807, 2.05) is 42.7 Å². The SMILES string of the molecule is CCc1cnc(N2CC3C(COc4ccc(-c5ccc(S(C)(=O)=O)cc5)cc4CN)C3C2)nc1. The smallest absolute Gasteiger partial charge is 0.225 e. The monoisotopic (exact) mass is 478 g/mol. The fourth-order valence-corrected chi connectivity index (χ4v) is 5.52. The van der Waals surface area contributed by atoms with Gasteiger partial charge in [-0.2, -0.15) is 0 Å². The van der Waals surface area contributed by atoms with Crippen molar-refractivity contribution in [3.63, 3.8) is 0 Å². The number of anilines is 1. The van der Waals surface area contributed by atoms with Crippen molar-refractivity contribution >= 4 is 15.8 Å². The van der Waals surface area contributed by atoms with Gasteiger partial charge in [0.1, 0.15) is 5.75 Å². The molecule has 178 valence electrons. The number of fused-ring (bicyclic) bond motifs is 1. The highest BCUT2D eigenvalue weighted by Crippen LogP contribution is 2.52. The predicted molar refractivity (Wildman–Crippen MR) is 132 cm³/mol. The second kappa shape index (κ2) is 9.00. The number of hydrogen-bond acceptors (Lipinski definition) is 7. The number of sulfone groups is 1. The second-order valence-electron chi connectivity index (χ2n) is 9.28. The summed E-state index contributed by atoms with van der Waals surface area (Å²) < 4.78 is 29.6. The molecule has 2 aliphatic rings. The Balaban J connectivity index is 1.19. The molecule has 3 aromatic rings. The Kier molecular flexibility index (Phi) is 6.04. The first kappa shape index (κ1) is 22.8. The Labute approximate surface area is 200 Å². The van der Waals surface area contributed by atoms with Gasteiger partial charge in [0.15, 0.2) is 9.84 Å². The zero-order valence-corrected chi connectivity index (χ0v) is 20.3. The molecule has 7 nitrogen and oxygen atoms in total. The van der Waals surface area contributed by atoms with Gasteiger partial charge in [0.2, 0.25) is 5.95 Å². The van der Waals surface area contributed by atoms with Crippen LogP contribution >= 0.6 is 0 Å². The van der Waals surface area contributed by atoms with E-state index in [2.05, 4.69) is 21.8 Å². The van der Waals surface area contributed by atoms with Crippen LogP contribution in [0.3, 0.4) is 0 Å². The van der Waals surface area contributed by atoms with Crippen molar-refractivity contribution < 1.29 is 13.2 Å². The summed E-state index contributed by atoms with van der Waals surface area (Å²) in [6, 6.07) is 12.9. The van der Waals surface area contributed by atoms with Gasteiger partial charge in [-0.25, -0.2) is 18.4 Å². The van der Waals surface area contributed by atoms with Crippen LogP contribution in [-0.2, 0) is 22.8 Å². The fourth-order valence-electron chi connectivity index (χ4n) is 4.89. The number of rotatable bonds is 8. The molecule has 1 aliphatic heterocycles. The normalized spacial score (nSPS) is 21.4. The van der Waals surface area contributed by atoms with Crippen molar-refractivity contribution in [3.8, 4) is 16.9 Å². The molecule has 0 spiro atoms. The molecule has 5 rings (SSSR count). The molecule has 2 aromatic carbocycles. The lowest BCUT2D eigenvalue weighted by Crippen LogP contribution is -2.27. The van der Waals surface area contributed by atoms with Crippen LogP contribution in [0, 0.1) is 17.8 Å². The molecule has 2 N–H and O–H groups in total. The standard InChI is InChI=1S/C26H30N4O3S/c1-3-17-12-28-26(29-13-17)30-14-22-23(15-30)24(22)16-33-25-9-6-19(10-20(25)11-27)18-4-7-21(8-5-18)34(2,31)32/h4-10,12-13,22-24H,3,11,14-16,27H2,1-2H3. The summed E-state index contributed by atoms with van der Waals surface area (Å²) in [5.74, 6) is 3.46. The van der Waals surface area contributed by atoms with E-state index < -0.39 is 9.84 Å². The summed E-state index contributed by atoms with van der Waals surface area (Å²) in [6.45, 7) is 5.14. The van der Waals surface area contributed by atoms with E-state index in [1.54, 1.807) is 12.1 Å². The number of benzene rings is 2. The molecule has 1 aliphatic carbocycles. The zero-order valence-electron chi connectivity index (χ0n) is 19.5. The lowest BCUT2D eigenvalue weighted by molar-refractivity contribution is 0.280. The quantitative estimate of drug-likeness (QED) is 0.530. The van der Waals surface area contributed by atoms with E-state index in [-0.39, 0.29) is 0 Å². The molecule has 1 saturated heterocycles. The molecule has 2 atom stereocenters. The third kappa shape index (κ3) is 4.52. The van der Waals surface area contributed by atoms with Gasteiger partial charge in [0.05, 0.1) is 11.5 Å². The van der Waals surface area contributed by atoms with Gasteiger partial charge in [0, 0.05) is 49.8 Å². The zero-order chi connectivity index (χ0) is 23.9. The van der Waals surface area contributed by atoms with Crippen molar-refractivity contribution in [3.05, 3.63) is 66.0 Å². The van der Waals surface area contributed by atoms with Crippen LogP contribution in [0.2, 0.25) is 0 Å². The Morgan fingerprint density at radius 2 is 1.68 bits per heavy atom. The van der Waals surface area contributed by atoms with Gasteiger partial charge < -0.3 is 15.4 Å². The highest BCUT2D eigenvalue weighted by molar-refractivity contribution is 7.90. The maximum absolute atomic E-state index is 11.7. The first-order valence-electron chi connectivity index (χ1n) is 11.7. The molecule has 2 heterocycles. The van der Waals surface area contributed by atoms with Crippen LogP contribution in [-0.4, -0.2) is 44.3 Å². The lowest BCUT2D eigenvalue weighted by atomic mass is 10.0. The molecule has 0 radical (unpaired) electrons. The highest BCUT2D eigenvalue weighted by atomic mass is 32.2. The maximum atomic E-state index is 11.7. The second-order valence-corrected chi connectivity index (χ2v) is 11.3. The van der Waals surface area contributed by atoms with E-state index in [9.17, 15) is 8.42 Å². The predicted octanol–water partition coefficient (Wildman–Crippen LogP) is 3.33. The van der Waals surface area contributed by atoms with Crippen LogP contribution in [0.5, 0.6) is 5.75 Å². The fraction of sp³-hybridized carbons (Fsp3) is 0.385. The minimum atomic E-state index is -3.21. The van der Waals surface area contributed by atoms with Gasteiger partial charge in [-0.05, 0) is 59.2 Å². The Morgan fingerprint density at radius 1 is 1.03 bits per heavy atom. The number of piperidine rings is 1. The molecule has 2 unspecified atom stereocenters. The van der Waals surface area contributed by atoms with Gasteiger partial charge in [-0.15, -0.1) is 0 Å². The van der Waals surface area contributed by atoms with Crippen molar-refractivity contribution in [1.29, 1.82) is 0 Å². The molecule has 34 heavy (non-hydrogen) atoms. The first-order chi connectivity index (χ1) is 16.4. The van der Waals surface area contributed by atoms with E-state index in [0.29, 0.717) is 35.8 Å². The number of ether oxygens (including phenoxy) is 1. The number of aromatic nitrogens is 2. The van der Waals surface area contributed by atoms with E-state index in [0.717, 1.165) is 53.5 Å². The number of nitrogens with two attached hydrogens (primary N) is 1. The Hall–Kier alpha value is -2.97. The number of hydrogen-bond donors (Lipinski definition) is 1. The van der Waals surface area contributed by atoms with Gasteiger partial charge in [-0.3, -0.25) is 0 Å². The third-order valence-corrected chi connectivity index (χ3v) is 8.21. The summed E-state index contributed by atoms with van der Waals surface area (Å²) in [5, 5.41) is 0.